The maximum atomic E-state index is 11.5. The van der Waals surface area contributed by atoms with Crippen LogP contribution in [0.25, 0.3) is 0 Å². The third kappa shape index (κ3) is 2.11. The van der Waals surface area contributed by atoms with E-state index in [9.17, 15) is 9.90 Å². The zero-order chi connectivity index (χ0) is 12.4. The van der Waals surface area contributed by atoms with Crippen molar-refractivity contribution in [1.29, 1.82) is 0 Å². The Labute approximate surface area is 99.5 Å². The number of benzene rings is 1. The summed E-state index contributed by atoms with van der Waals surface area (Å²) >= 11 is 0. The van der Waals surface area contributed by atoms with Crippen molar-refractivity contribution in [2.24, 2.45) is 0 Å². The predicted octanol–water partition coefficient (Wildman–Crippen LogP) is 1.78. The molecule has 0 radical (unpaired) electrons. The monoisotopic (exact) mass is 234 g/mol. The molecular formula is C13H14O4. The second-order valence-electron chi connectivity index (χ2n) is 3.91. The molecule has 0 unspecified atom stereocenters. The van der Waals surface area contributed by atoms with Crippen LogP contribution in [0, 0.1) is 0 Å². The zero-order valence-corrected chi connectivity index (χ0v) is 9.82. The second-order valence-corrected chi connectivity index (χ2v) is 3.91. The van der Waals surface area contributed by atoms with E-state index in [1.807, 2.05) is 18.2 Å². The summed E-state index contributed by atoms with van der Waals surface area (Å²) in [5, 5.41) is 9.79. The normalized spacial score (nSPS) is 14.2. The number of hydrogen-bond acceptors (Lipinski definition) is 4. The van der Waals surface area contributed by atoms with Gasteiger partial charge >= 0.3 is 5.97 Å². The number of fused-ring (bicyclic) bond motifs is 1. The third-order valence-electron chi connectivity index (χ3n) is 2.92. The number of aliphatic hydroxyl groups excluding tert-OH is 1. The predicted molar refractivity (Wildman–Crippen MR) is 62.1 cm³/mol. The first-order chi connectivity index (χ1) is 8.15. The van der Waals surface area contributed by atoms with E-state index in [4.69, 9.17) is 4.74 Å². The fourth-order valence-electron chi connectivity index (χ4n) is 1.96. The fraction of sp³-hybridized carbons (Fsp3) is 0.308. The van der Waals surface area contributed by atoms with Gasteiger partial charge in [0.2, 0.25) is 0 Å². The van der Waals surface area contributed by atoms with E-state index >= 15 is 0 Å². The molecule has 2 rings (SSSR count). The topological polar surface area (TPSA) is 55.8 Å². The molecular weight excluding hydrogens is 220 g/mol. The molecule has 0 bridgehead atoms. The molecule has 1 aliphatic rings. The molecule has 0 aromatic heterocycles. The van der Waals surface area contributed by atoms with Crippen LogP contribution >= 0.6 is 0 Å². The average Bonchev–Trinajstić information content (AvgIpc) is 2.36. The number of carbonyl (C=O) groups excluding carboxylic acids is 1. The van der Waals surface area contributed by atoms with Crippen LogP contribution in [0.1, 0.15) is 11.1 Å². The number of esters is 1. The van der Waals surface area contributed by atoms with Gasteiger partial charge in [0.15, 0.2) is 0 Å². The summed E-state index contributed by atoms with van der Waals surface area (Å²) < 4.78 is 9.78. The van der Waals surface area contributed by atoms with Crippen LogP contribution in [0.5, 0.6) is 5.75 Å². The summed E-state index contributed by atoms with van der Waals surface area (Å²) in [4.78, 5) is 11.5. The summed E-state index contributed by atoms with van der Waals surface area (Å²) in [6.45, 7) is 0. The van der Waals surface area contributed by atoms with Gasteiger partial charge in [0, 0.05) is 12.8 Å². The maximum Gasteiger partial charge on any atom is 0.337 e. The first kappa shape index (κ1) is 11.5. The lowest BCUT2D eigenvalue weighted by Crippen LogP contribution is -2.16. The van der Waals surface area contributed by atoms with Gasteiger partial charge in [-0.15, -0.1) is 0 Å². The van der Waals surface area contributed by atoms with Crippen molar-refractivity contribution in [3.63, 3.8) is 0 Å². The largest absolute Gasteiger partial charge is 0.511 e. The number of hydrogen-bond donors (Lipinski definition) is 1. The molecule has 1 N–H and O–H groups in total. The van der Waals surface area contributed by atoms with Crippen molar-refractivity contribution >= 4 is 5.97 Å². The molecule has 90 valence electrons. The highest BCUT2D eigenvalue weighted by atomic mass is 16.5. The van der Waals surface area contributed by atoms with E-state index in [1.54, 1.807) is 7.11 Å². The smallest absolute Gasteiger partial charge is 0.337 e. The van der Waals surface area contributed by atoms with Crippen LogP contribution < -0.4 is 4.74 Å². The molecule has 0 saturated heterocycles. The van der Waals surface area contributed by atoms with E-state index in [0.29, 0.717) is 18.4 Å². The Morgan fingerprint density at radius 1 is 1.24 bits per heavy atom. The molecule has 0 atom stereocenters. The van der Waals surface area contributed by atoms with Crippen molar-refractivity contribution in [1.82, 2.24) is 0 Å². The summed E-state index contributed by atoms with van der Waals surface area (Å²) in [5.74, 6) is 0.361. The van der Waals surface area contributed by atoms with Gasteiger partial charge in [-0.2, -0.15) is 0 Å². The van der Waals surface area contributed by atoms with Gasteiger partial charge in [-0.3, -0.25) is 0 Å². The van der Waals surface area contributed by atoms with E-state index in [0.717, 1.165) is 16.9 Å². The van der Waals surface area contributed by atoms with Gasteiger partial charge in [-0.05, 0) is 23.3 Å². The van der Waals surface area contributed by atoms with Crippen molar-refractivity contribution in [2.75, 3.05) is 14.2 Å². The van der Waals surface area contributed by atoms with E-state index in [1.165, 1.54) is 7.11 Å². The minimum absolute atomic E-state index is 0.0921. The van der Waals surface area contributed by atoms with E-state index in [2.05, 4.69) is 4.74 Å². The Kier molecular flexibility index (Phi) is 3.04. The van der Waals surface area contributed by atoms with Crippen molar-refractivity contribution in [2.45, 2.75) is 12.8 Å². The van der Waals surface area contributed by atoms with Gasteiger partial charge in [-0.25, -0.2) is 4.79 Å². The van der Waals surface area contributed by atoms with E-state index in [-0.39, 0.29) is 5.76 Å². The van der Waals surface area contributed by atoms with Crippen LogP contribution in [0.4, 0.5) is 0 Å². The molecule has 0 heterocycles. The Morgan fingerprint density at radius 3 is 2.65 bits per heavy atom. The number of allylic oxidation sites excluding steroid dienone is 1. The maximum absolute atomic E-state index is 11.5. The summed E-state index contributed by atoms with van der Waals surface area (Å²) in [6, 6.07) is 5.62. The first-order valence-corrected chi connectivity index (χ1v) is 5.30. The van der Waals surface area contributed by atoms with Crippen LogP contribution in [-0.4, -0.2) is 25.3 Å². The Balaban J connectivity index is 2.35. The average molecular weight is 234 g/mol. The van der Waals surface area contributed by atoms with Crippen LogP contribution in [0.15, 0.2) is 29.5 Å². The van der Waals surface area contributed by atoms with Crippen LogP contribution in [-0.2, 0) is 22.4 Å². The first-order valence-electron chi connectivity index (χ1n) is 5.30. The number of ether oxygens (including phenoxy) is 2. The lowest BCUT2D eigenvalue weighted by Gasteiger charge is -2.19. The lowest BCUT2D eigenvalue weighted by molar-refractivity contribution is -0.136. The minimum Gasteiger partial charge on any atom is -0.511 e. The quantitative estimate of drug-likeness (QED) is 0.792. The third-order valence-corrected chi connectivity index (χ3v) is 2.92. The van der Waals surface area contributed by atoms with Gasteiger partial charge < -0.3 is 14.6 Å². The molecule has 0 fully saturated rings. The van der Waals surface area contributed by atoms with Crippen LogP contribution in [0.2, 0.25) is 0 Å². The van der Waals surface area contributed by atoms with Crippen molar-refractivity contribution in [3.05, 3.63) is 40.7 Å². The summed E-state index contributed by atoms with van der Waals surface area (Å²) in [6.07, 6.45) is 0.745. The highest BCUT2D eigenvalue weighted by Gasteiger charge is 2.23. The lowest BCUT2D eigenvalue weighted by atomic mass is 9.90. The molecule has 1 aliphatic carbocycles. The van der Waals surface area contributed by atoms with Crippen LogP contribution in [0.3, 0.4) is 0 Å². The highest BCUT2D eigenvalue weighted by Crippen LogP contribution is 2.28. The molecule has 0 spiro atoms. The standard InChI is InChI=1S/C13H14O4/c1-16-10-4-3-8-7-12(14)11(13(15)17-2)6-9(8)5-10/h3-5,14H,6-7H2,1-2H3. The van der Waals surface area contributed by atoms with Crippen molar-refractivity contribution in [3.8, 4) is 5.75 Å². The molecule has 1 aromatic carbocycles. The number of rotatable bonds is 2. The van der Waals surface area contributed by atoms with Gasteiger partial charge in [0.1, 0.15) is 11.5 Å². The Hall–Kier alpha value is -1.97. The SMILES string of the molecule is COC(=O)C1=C(O)Cc2ccc(OC)cc2C1. The highest BCUT2D eigenvalue weighted by molar-refractivity contribution is 5.90. The minimum atomic E-state index is -0.476. The van der Waals surface area contributed by atoms with Gasteiger partial charge in [0.25, 0.3) is 0 Å². The summed E-state index contributed by atoms with van der Waals surface area (Å²) in [5.41, 5.74) is 2.33. The molecule has 0 aliphatic heterocycles. The molecule has 4 nitrogen and oxygen atoms in total. The molecule has 0 saturated carbocycles. The number of aliphatic hydroxyl groups is 1. The number of carbonyl (C=O) groups is 1. The van der Waals surface area contributed by atoms with Crippen molar-refractivity contribution < 1.29 is 19.4 Å². The molecule has 17 heavy (non-hydrogen) atoms. The summed E-state index contributed by atoms with van der Waals surface area (Å²) in [7, 11) is 2.91. The number of methoxy groups -OCH3 is 2. The zero-order valence-electron chi connectivity index (χ0n) is 9.82. The Morgan fingerprint density at radius 2 is 2.00 bits per heavy atom. The fourth-order valence-corrected chi connectivity index (χ4v) is 1.96. The van der Waals surface area contributed by atoms with Gasteiger partial charge in [-0.1, -0.05) is 6.07 Å². The Bertz CT molecular complexity index is 488. The second kappa shape index (κ2) is 4.49. The van der Waals surface area contributed by atoms with E-state index < -0.39 is 5.97 Å². The van der Waals surface area contributed by atoms with Gasteiger partial charge in [0.05, 0.1) is 19.8 Å². The molecule has 0 amide bonds. The molecule has 4 heteroatoms. The molecule has 1 aromatic rings.